The lowest BCUT2D eigenvalue weighted by molar-refractivity contribution is -0.136. The van der Waals surface area contributed by atoms with E-state index in [4.69, 9.17) is 0 Å². The molecule has 1 saturated heterocycles. The first-order valence-electron chi connectivity index (χ1n) is 9.36. The fourth-order valence-electron chi connectivity index (χ4n) is 3.93. The van der Waals surface area contributed by atoms with Gasteiger partial charge in [-0.1, -0.05) is 12.1 Å². The molecular weight excluding hydrogens is 367 g/mol. The smallest absolute Gasteiger partial charge is 0.227 e. The van der Waals surface area contributed by atoms with Crippen LogP contribution >= 0.6 is 12.4 Å². The highest BCUT2D eigenvalue weighted by molar-refractivity contribution is 5.85. The minimum absolute atomic E-state index is 0. The van der Waals surface area contributed by atoms with E-state index in [1.54, 1.807) is 16.8 Å². The van der Waals surface area contributed by atoms with Gasteiger partial charge in [-0.2, -0.15) is 5.10 Å². The molecule has 2 aliphatic rings. The molecule has 1 aromatic carbocycles. The van der Waals surface area contributed by atoms with Gasteiger partial charge in [-0.15, -0.1) is 12.4 Å². The topological polar surface area (TPSA) is 50.2 Å². The maximum atomic E-state index is 13.4. The highest BCUT2D eigenvalue weighted by Crippen LogP contribution is 2.34. The van der Waals surface area contributed by atoms with E-state index in [9.17, 15) is 9.18 Å². The summed E-state index contributed by atoms with van der Waals surface area (Å²) in [5.41, 5.74) is 2.06. The van der Waals surface area contributed by atoms with Gasteiger partial charge in [0.1, 0.15) is 5.82 Å². The third kappa shape index (κ3) is 4.50. The highest BCUT2D eigenvalue weighted by atomic mass is 35.5. The first-order chi connectivity index (χ1) is 12.6. The van der Waals surface area contributed by atoms with Crippen LogP contribution in [0.2, 0.25) is 0 Å². The molecule has 0 radical (unpaired) electrons. The molecule has 2 heterocycles. The number of carbonyl (C=O) groups excluding carboxylic acids is 1. The van der Waals surface area contributed by atoms with E-state index in [-0.39, 0.29) is 36.0 Å². The van der Waals surface area contributed by atoms with Crippen LogP contribution in [-0.4, -0.2) is 46.3 Å². The fraction of sp³-hybridized carbons (Fsp3) is 0.500. The van der Waals surface area contributed by atoms with E-state index < -0.39 is 0 Å². The van der Waals surface area contributed by atoms with Crippen molar-refractivity contribution < 1.29 is 9.18 Å². The Hall–Kier alpha value is -1.92. The quantitative estimate of drug-likeness (QED) is 0.821. The summed E-state index contributed by atoms with van der Waals surface area (Å²) < 4.78 is 15.2. The molecule has 27 heavy (non-hydrogen) atoms. The first kappa shape index (κ1) is 19.8. The number of hydrogen-bond donors (Lipinski definition) is 1. The standard InChI is InChI=1S/C20H25FN4O.ClH/c1-24-13-15(10-23-24)18-11-22-12-19(18)20(26)25(17-5-6-17)8-7-14-3-2-4-16(21)9-14;/h2-4,9-10,13,17-19,22H,5-8,11-12H2,1H3;1H/t18-,19+;/m1./s1. The van der Waals surface area contributed by atoms with E-state index in [0.29, 0.717) is 25.6 Å². The van der Waals surface area contributed by atoms with Crippen LogP contribution in [0.4, 0.5) is 4.39 Å². The van der Waals surface area contributed by atoms with Crippen LogP contribution < -0.4 is 5.32 Å². The zero-order valence-electron chi connectivity index (χ0n) is 15.5. The van der Waals surface area contributed by atoms with Crippen molar-refractivity contribution in [3.05, 3.63) is 53.6 Å². The van der Waals surface area contributed by atoms with Crippen molar-refractivity contribution in [1.82, 2.24) is 20.0 Å². The molecule has 1 N–H and O–H groups in total. The number of carbonyl (C=O) groups is 1. The highest BCUT2D eigenvalue weighted by Gasteiger charge is 2.41. The van der Waals surface area contributed by atoms with Gasteiger partial charge in [0, 0.05) is 44.8 Å². The minimum Gasteiger partial charge on any atom is -0.339 e. The molecule has 1 aliphatic heterocycles. The second kappa shape index (κ2) is 8.40. The number of hydrogen-bond acceptors (Lipinski definition) is 3. The Bertz CT molecular complexity index is 792. The third-order valence-electron chi connectivity index (χ3n) is 5.49. The van der Waals surface area contributed by atoms with Crippen LogP contribution in [0.5, 0.6) is 0 Å². The average molecular weight is 393 g/mol. The number of benzene rings is 1. The summed E-state index contributed by atoms with van der Waals surface area (Å²) in [6.07, 6.45) is 6.72. The van der Waals surface area contributed by atoms with Gasteiger partial charge in [-0.25, -0.2) is 4.39 Å². The molecule has 0 bridgehead atoms. The fourth-order valence-corrected chi connectivity index (χ4v) is 3.93. The van der Waals surface area contributed by atoms with Crippen molar-refractivity contribution in [2.75, 3.05) is 19.6 Å². The zero-order valence-corrected chi connectivity index (χ0v) is 16.3. The van der Waals surface area contributed by atoms with Crippen LogP contribution in [0.3, 0.4) is 0 Å². The van der Waals surface area contributed by atoms with Gasteiger partial charge >= 0.3 is 0 Å². The lowest BCUT2D eigenvalue weighted by Gasteiger charge is -2.28. The molecule has 0 spiro atoms. The second-order valence-electron chi connectivity index (χ2n) is 7.46. The number of nitrogens with one attached hydrogen (secondary N) is 1. The van der Waals surface area contributed by atoms with Gasteiger partial charge in [0.2, 0.25) is 5.91 Å². The molecule has 1 saturated carbocycles. The van der Waals surface area contributed by atoms with Crippen molar-refractivity contribution in [1.29, 1.82) is 0 Å². The molecule has 4 rings (SSSR count). The second-order valence-corrected chi connectivity index (χ2v) is 7.46. The molecule has 7 heteroatoms. The van der Waals surface area contributed by atoms with E-state index >= 15 is 0 Å². The Morgan fingerprint density at radius 2 is 2.19 bits per heavy atom. The van der Waals surface area contributed by atoms with Crippen LogP contribution in [0.25, 0.3) is 0 Å². The Kier molecular flexibility index (Phi) is 6.17. The Labute approximate surface area is 165 Å². The molecule has 1 aromatic heterocycles. The van der Waals surface area contributed by atoms with Crippen LogP contribution in [0.15, 0.2) is 36.7 Å². The summed E-state index contributed by atoms with van der Waals surface area (Å²) in [5, 5.41) is 7.63. The molecule has 146 valence electrons. The Morgan fingerprint density at radius 3 is 2.85 bits per heavy atom. The number of aryl methyl sites for hydroxylation is 1. The lowest BCUT2D eigenvalue weighted by atomic mass is 9.89. The summed E-state index contributed by atoms with van der Waals surface area (Å²) in [7, 11) is 1.90. The van der Waals surface area contributed by atoms with Crippen molar-refractivity contribution in [3.63, 3.8) is 0 Å². The average Bonchev–Trinajstić information content (AvgIpc) is 3.17. The number of halogens is 2. The summed E-state index contributed by atoms with van der Waals surface area (Å²) >= 11 is 0. The summed E-state index contributed by atoms with van der Waals surface area (Å²) in [6.45, 7) is 2.18. The molecule has 0 unspecified atom stereocenters. The van der Waals surface area contributed by atoms with Gasteiger partial charge in [0.15, 0.2) is 0 Å². The van der Waals surface area contributed by atoms with Crippen LogP contribution in [0, 0.1) is 11.7 Å². The van der Waals surface area contributed by atoms with Crippen molar-refractivity contribution in [3.8, 4) is 0 Å². The monoisotopic (exact) mass is 392 g/mol. The largest absolute Gasteiger partial charge is 0.339 e. The van der Waals surface area contributed by atoms with Crippen molar-refractivity contribution in [2.24, 2.45) is 13.0 Å². The number of aromatic nitrogens is 2. The molecule has 1 aliphatic carbocycles. The number of amides is 1. The van der Waals surface area contributed by atoms with Crippen LogP contribution in [-0.2, 0) is 18.3 Å². The predicted molar refractivity (Wildman–Crippen MR) is 104 cm³/mol. The summed E-state index contributed by atoms with van der Waals surface area (Å²) in [4.78, 5) is 15.3. The predicted octanol–water partition coefficient (Wildman–Crippen LogP) is 2.52. The number of rotatable bonds is 6. The van der Waals surface area contributed by atoms with Gasteiger partial charge in [0.05, 0.1) is 12.1 Å². The van der Waals surface area contributed by atoms with Gasteiger partial charge in [0.25, 0.3) is 0 Å². The summed E-state index contributed by atoms with van der Waals surface area (Å²) in [5.74, 6) is 0.130. The van der Waals surface area contributed by atoms with E-state index in [1.165, 1.54) is 6.07 Å². The van der Waals surface area contributed by atoms with Gasteiger partial charge in [-0.3, -0.25) is 9.48 Å². The Morgan fingerprint density at radius 1 is 1.37 bits per heavy atom. The first-order valence-corrected chi connectivity index (χ1v) is 9.36. The third-order valence-corrected chi connectivity index (χ3v) is 5.49. The van der Waals surface area contributed by atoms with Crippen LogP contribution in [0.1, 0.15) is 29.9 Å². The molecule has 1 amide bonds. The normalized spacial score (nSPS) is 21.7. The molecule has 2 fully saturated rings. The lowest BCUT2D eigenvalue weighted by Crippen LogP contribution is -2.41. The van der Waals surface area contributed by atoms with Crippen molar-refractivity contribution >= 4 is 18.3 Å². The molecular formula is C20H26ClFN4O. The van der Waals surface area contributed by atoms with E-state index in [1.807, 2.05) is 30.4 Å². The summed E-state index contributed by atoms with van der Waals surface area (Å²) in [6, 6.07) is 7.02. The molecule has 2 atom stereocenters. The zero-order chi connectivity index (χ0) is 18.1. The minimum atomic E-state index is -0.219. The maximum absolute atomic E-state index is 13.4. The maximum Gasteiger partial charge on any atom is 0.227 e. The Balaban J connectivity index is 0.00000210. The molecule has 5 nitrogen and oxygen atoms in total. The van der Waals surface area contributed by atoms with E-state index in [2.05, 4.69) is 10.4 Å². The van der Waals surface area contributed by atoms with E-state index in [0.717, 1.165) is 30.5 Å². The van der Waals surface area contributed by atoms with Crippen molar-refractivity contribution in [2.45, 2.75) is 31.2 Å². The number of nitrogens with zero attached hydrogens (tertiary/aromatic N) is 3. The van der Waals surface area contributed by atoms with Gasteiger partial charge < -0.3 is 10.2 Å². The SMILES string of the molecule is Cl.Cn1cc([C@H]2CNC[C@@H]2C(=O)N(CCc2cccc(F)c2)C2CC2)cn1. The molecule has 2 aromatic rings. The van der Waals surface area contributed by atoms with Gasteiger partial charge in [-0.05, 0) is 42.5 Å².